The number of nitrogens with zero attached hydrogens (tertiary/aromatic N) is 3. The van der Waals surface area contributed by atoms with E-state index in [9.17, 15) is 22.8 Å². The van der Waals surface area contributed by atoms with Crippen molar-refractivity contribution in [2.24, 2.45) is 4.99 Å². The van der Waals surface area contributed by atoms with Gasteiger partial charge in [-0.15, -0.1) is 11.3 Å². The van der Waals surface area contributed by atoms with Gasteiger partial charge in [-0.1, -0.05) is 17.4 Å². The Labute approximate surface area is 185 Å². The van der Waals surface area contributed by atoms with E-state index >= 15 is 0 Å². The van der Waals surface area contributed by atoms with Crippen LogP contribution in [0.2, 0.25) is 0 Å². The lowest BCUT2D eigenvalue weighted by Crippen LogP contribution is -2.28. The summed E-state index contributed by atoms with van der Waals surface area (Å²) in [6.07, 6.45) is 1.47. The van der Waals surface area contributed by atoms with Gasteiger partial charge < -0.3 is 14.6 Å². The zero-order valence-corrected chi connectivity index (χ0v) is 19.0. The van der Waals surface area contributed by atoms with E-state index in [0.29, 0.717) is 5.52 Å². The molecule has 0 aliphatic carbocycles. The summed E-state index contributed by atoms with van der Waals surface area (Å²) >= 11 is 2.29. The lowest BCUT2D eigenvalue weighted by molar-refractivity contribution is -0.141. The highest BCUT2D eigenvalue weighted by molar-refractivity contribution is 7.92. The highest BCUT2D eigenvalue weighted by Crippen LogP contribution is 2.19. The van der Waals surface area contributed by atoms with Crippen LogP contribution in [-0.4, -0.2) is 54.4 Å². The van der Waals surface area contributed by atoms with Gasteiger partial charge in [0.2, 0.25) is 5.91 Å². The van der Waals surface area contributed by atoms with Crippen LogP contribution in [0.25, 0.3) is 10.2 Å². The summed E-state index contributed by atoms with van der Waals surface area (Å²) in [7, 11) is -2.81. The van der Waals surface area contributed by atoms with E-state index in [1.165, 1.54) is 17.9 Å². The molecule has 0 atom stereocenters. The topological polar surface area (TPSA) is 137 Å². The van der Waals surface area contributed by atoms with Gasteiger partial charge >= 0.3 is 5.97 Å². The number of hydrogen-bond donors (Lipinski definition) is 1. The molecule has 31 heavy (non-hydrogen) atoms. The number of hydrogen-bond acceptors (Lipinski definition) is 9. The maximum Gasteiger partial charge on any atom is 0.325 e. The molecule has 3 rings (SSSR count). The number of rotatable bonds is 7. The molecule has 2 heterocycles. The van der Waals surface area contributed by atoms with Crippen LogP contribution in [0.1, 0.15) is 5.56 Å². The Morgan fingerprint density at radius 2 is 2.03 bits per heavy atom. The Morgan fingerprint density at radius 3 is 2.71 bits per heavy atom. The number of aromatic nitrogens is 2. The zero-order valence-electron chi connectivity index (χ0n) is 16.5. The van der Waals surface area contributed by atoms with Gasteiger partial charge in [0.05, 0.1) is 17.3 Å². The molecule has 1 aromatic carbocycles. The number of carbonyl (C=O) groups is 3. The van der Waals surface area contributed by atoms with Gasteiger partial charge in [-0.3, -0.25) is 14.4 Å². The second-order valence-electron chi connectivity index (χ2n) is 6.44. The average molecular weight is 483 g/mol. The zero-order chi connectivity index (χ0) is 22.6. The monoisotopic (exact) mass is 482 g/mol. The molecular formula is C18H18N4O6S3. The van der Waals surface area contributed by atoms with Crippen LogP contribution in [0.3, 0.4) is 0 Å². The van der Waals surface area contributed by atoms with E-state index in [1.807, 2.05) is 19.1 Å². The maximum atomic E-state index is 12.4. The van der Waals surface area contributed by atoms with Crippen LogP contribution in [0.5, 0.6) is 0 Å². The second kappa shape index (κ2) is 9.49. The second-order valence-corrected chi connectivity index (χ2v) is 10.4. The van der Waals surface area contributed by atoms with Crippen molar-refractivity contribution < 1.29 is 27.5 Å². The number of nitrogens with one attached hydrogen (secondary N) is 1. The minimum atomic E-state index is -4.06. The van der Waals surface area contributed by atoms with E-state index in [0.717, 1.165) is 32.9 Å². The number of benzene rings is 1. The van der Waals surface area contributed by atoms with Crippen LogP contribution in [0, 0.1) is 6.92 Å². The lowest BCUT2D eigenvalue weighted by Gasteiger charge is -2.04. The quantitative estimate of drug-likeness (QED) is 0.498. The standard InChI is InChI=1S/C18H18N4O6S3/c1-11-3-4-12-13(7-11)30-18(22(12)8-16(25)28-2)21-15(24)10-31(26,27)9-14(23)20-17-19-5-6-29-17/h3-7H,8-10H2,1-2H3,(H,19,20,23). The normalized spacial score (nSPS) is 12.1. The number of fused-ring (bicyclic) bond motifs is 1. The predicted molar refractivity (Wildman–Crippen MR) is 117 cm³/mol. The highest BCUT2D eigenvalue weighted by Gasteiger charge is 2.22. The molecule has 13 heteroatoms. The molecule has 0 aliphatic rings. The van der Waals surface area contributed by atoms with Crippen molar-refractivity contribution in [3.05, 3.63) is 40.1 Å². The van der Waals surface area contributed by atoms with E-state index < -0.39 is 39.1 Å². The van der Waals surface area contributed by atoms with Gasteiger partial charge in [0, 0.05) is 11.6 Å². The summed E-state index contributed by atoms with van der Waals surface area (Å²) in [6.45, 7) is 1.71. The number of anilines is 1. The Morgan fingerprint density at radius 1 is 1.26 bits per heavy atom. The molecule has 2 aromatic heterocycles. The lowest BCUT2D eigenvalue weighted by atomic mass is 10.2. The largest absolute Gasteiger partial charge is 0.468 e. The average Bonchev–Trinajstić information content (AvgIpc) is 3.28. The number of esters is 1. The molecule has 2 amide bonds. The van der Waals surface area contributed by atoms with Crippen LogP contribution in [0.15, 0.2) is 34.8 Å². The van der Waals surface area contributed by atoms with Crippen molar-refractivity contribution in [2.75, 3.05) is 23.9 Å². The number of ether oxygens (including phenoxy) is 1. The Bertz CT molecular complexity index is 1310. The van der Waals surface area contributed by atoms with E-state index in [4.69, 9.17) is 4.74 Å². The highest BCUT2D eigenvalue weighted by atomic mass is 32.2. The van der Waals surface area contributed by atoms with Crippen molar-refractivity contribution in [3.63, 3.8) is 0 Å². The number of methoxy groups -OCH3 is 1. The van der Waals surface area contributed by atoms with E-state index in [2.05, 4.69) is 15.3 Å². The maximum absolute atomic E-state index is 12.4. The van der Waals surface area contributed by atoms with Crippen molar-refractivity contribution in [3.8, 4) is 0 Å². The number of carbonyl (C=O) groups excluding carboxylic acids is 3. The third-order valence-corrected chi connectivity index (χ3v) is 7.07. The number of sulfone groups is 1. The molecule has 0 radical (unpaired) electrons. The molecule has 0 aliphatic heterocycles. The van der Waals surface area contributed by atoms with Crippen LogP contribution < -0.4 is 10.1 Å². The van der Waals surface area contributed by atoms with Crippen LogP contribution in [0.4, 0.5) is 5.13 Å². The van der Waals surface area contributed by atoms with Crippen LogP contribution in [-0.2, 0) is 35.5 Å². The van der Waals surface area contributed by atoms with Gasteiger partial charge in [-0.25, -0.2) is 13.4 Å². The summed E-state index contributed by atoms with van der Waals surface area (Å²) in [5.74, 6) is -4.09. The van der Waals surface area contributed by atoms with Crippen molar-refractivity contribution in [1.82, 2.24) is 9.55 Å². The fraction of sp³-hybridized carbons (Fsp3) is 0.278. The molecule has 1 N–H and O–H groups in total. The molecular weight excluding hydrogens is 464 g/mol. The van der Waals surface area contributed by atoms with Crippen molar-refractivity contribution in [1.29, 1.82) is 0 Å². The first kappa shape index (κ1) is 22.8. The first-order valence-corrected chi connectivity index (χ1v) is 12.3. The van der Waals surface area contributed by atoms with Gasteiger partial charge in [-0.2, -0.15) is 4.99 Å². The fourth-order valence-electron chi connectivity index (χ4n) is 2.63. The molecule has 164 valence electrons. The van der Waals surface area contributed by atoms with Crippen LogP contribution >= 0.6 is 22.7 Å². The molecule has 0 fully saturated rings. The molecule has 3 aromatic rings. The predicted octanol–water partition coefficient (Wildman–Crippen LogP) is 1.12. The molecule has 10 nitrogen and oxygen atoms in total. The minimum Gasteiger partial charge on any atom is -0.468 e. The molecule has 0 spiro atoms. The first-order chi connectivity index (χ1) is 14.7. The number of amides is 2. The summed E-state index contributed by atoms with van der Waals surface area (Å²) in [5.41, 5.74) is 1.64. The summed E-state index contributed by atoms with van der Waals surface area (Å²) in [6, 6.07) is 5.50. The number of thiazole rings is 2. The third-order valence-electron chi connectivity index (χ3n) is 3.95. The molecule has 0 bridgehead atoms. The SMILES string of the molecule is COC(=O)Cn1c(=NC(=O)CS(=O)(=O)CC(=O)Nc2nccs2)sc2cc(C)ccc21. The van der Waals surface area contributed by atoms with E-state index in [1.54, 1.807) is 11.4 Å². The van der Waals surface area contributed by atoms with Gasteiger partial charge in [-0.05, 0) is 24.6 Å². The summed E-state index contributed by atoms with van der Waals surface area (Å²) in [4.78, 5) is 44.0. The molecule has 0 saturated heterocycles. The Kier molecular flexibility index (Phi) is 6.97. The van der Waals surface area contributed by atoms with Gasteiger partial charge in [0.1, 0.15) is 18.1 Å². The fourth-order valence-corrected chi connectivity index (χ4v) is 5.34. The molecule has 0 unspecified atom stereocenters. The van der Waals surface area contributed by atoms with Gasteiger partial charge in [0.15, 0.2) is 19.8 Å². The Hall–Kier alpha value is -2.90. The van der Waals surface area contributed by atoms with E-state index in [-0.39, 0.29) is 16.5 Å². The summed E-state index contributed by atoms with van der Waals surface area (Å²) < 4.78 is 31.5. The molecule has 0 saturated carbocycles. The van der Waals surface area contributed by atoms with Gasteiger partial charge in [0.25, 0.3) is 5.91 Å². The first-order valence-electron chi connectivity index (χ1n) is 8.81. The number of aryl methyl sites for hydroxylation is 1. The van der Waals surface area contributed by atoms with Crippen molar-refractivity contribution in [2.45, 2.75) is 13.5 Å². The third kappa shape index (κ3) is 6.06. The Balaban J connectivity index is 1.83. The summed E-state index contributed by atoms with van der Waals surface area (Å²) in [5, 5.41) is 4.25. The minimum absolute atomic E-state index is 0.165. The van der Waals surface area contributed by atoms with Crippen molar-refractivity contribution >= 4 is 65.6 Å². The smallest absolute Gasteiger partial charge is 0.325 e.